The number of hydrogen-bond donors (Lipinski definition) is 1. The van der Waals surface area contributed by atoms with Gasteiger partial charge in [0, 0.05) is 17.5 Å². The first-order valence-corrected chi connectivity index (χ1v) is 7.18. The van der Waals surface area contributed by atoms with E-state index in [9.17, 15) is 9.50 Å². The minimum Gasteiger partial charge on any atom is -0.393 e. The molecule has 1 fully saturated rings. The maximum atomic E-state index is 13.5. The second kappa shape index (κ2) is 6.64. The van der Waals surface area contributed by atoms with Crippen LogP contribution < -0.4 is 0 Å². The fourth-order valence-corrected chi connectivity index (χ4v) is 2.74. The zero-order valence-electron chi connectivity index (χ0n) is 10.2. The lowest BCUT2D eigenvalue weighted by Crippen LogP contribution is -2.26. The second-order valence-electron chi connectivity index (χ2n) is 4.82. The summed E-state index contributed by atoms with van der Waals surface area (Å²) >= 11 is 3.31. The van der Waals surface area contributed by atoms with Crippen molar-refractivity contribution >= 4 is 15.9 Å². The van der Waals surface area contributed by atoms with Crippen molar-refractivity contribution in [3.05, 3.63) is 34.1 Å². The van der Waals surface area contributed by atoms with Crippen LogP contribution in [-0.2, 0) is 11.2 Å². The number of aliphatic hydroxyl groups excluding tert-OH is 1. The molecule has 0 spiro atoms. The number of hydrogen-bond acceptors (Lipinski definition) is 2. The summed E-state index contributed by atoms with van der Waals surface area (Å²) in [6.45, 7) is 0.780. The van der Waals surface area contributed by atoms with Crippen LogP contribution >= 0.6 is 15.9 Å². The maximum absolute atomic E-state index is 13.5. The van der Waals surface area contributed by atoms with Gasteiger partial charge in [0.15, 0.2) is 0 Å². The Hall–Kier alpha value is -0.450. The van der Waals surface area contributed by atoms with Gasteiger partial charge in [-0.2, -0.15) is 0 Å². The van der Waals surface area contributed by atoms with Gasteiger partial charge in [-0.25, -0.2) is 4.39 Å². The van der Waals surface area contributed by atoms with Crippen LogP contribution in [0.25, 0.3) is 0 Å². The van der Waals surface area contributed by atoms with Crippen molar-refractivity contribution in [2.75, 3.05) is 6.61 Å². The lowest BCUT2D eigenvalue weighted by molar-refractivity contribution is -0.0149. The molecule has 1 saturated heterocycles. The SMILES string of the molecule is OC(Cc1cc(Br)ccc1F)CC1CCCCO1. The number of ether oxygens (including phenoxy) is 1. The summed E-state index contributed by atoms with van der Waals surface area (Å²) in [4.78, 5) is 0. The van der Waals surface area contributed by atoms with Crippen molar-refractivity contribution < 1.29 is 14.2 Å². The van der Waals surface area contributed by atoms with E-state index in [4.69, 9.17) is 4.74 Å². The Morgan fingerprint density at radius 2 is 2.28 bits per heavy atom. The number of halogens is 2. The smallest absolute Gasteiger partial charge is 0.126 e. The molecule has 2 unspecified atom stereocenters. The summed E-state index contributed by atoms with van der Waals surface area (Å²) in [6.07, 6.45) is 3.77. The maximum Gasteiger partial charge on any atom is 0.126 e. The molecule has 0 radical (unpaired) electrons. The van der Waals surface area contributed by atoms with E-state index in [1.165, 1.54) is 6.07 Å². The van der Waals surface area contributed by atoms with Crippen LogP contribution in [0.5, 0.6) is 0 Å². The van der Waals surface area contributed by atoms with Crippen molar-refractivity contribution in [1.82, 2.24) is 0 Å². The predicted octanol–water partition coefficient (Wildman–Crippen LogP) is 3.45. The van der Waals surface area contributed by atoms with Crippen molar-refractivity contribution in [2.45, 2.75) is 44.3 Å². The Morgan fingerprint density at radius 3 is 3.00 bits per heavy atom. The summed E-state index contributed by atoms with van der Waals surface area (Å²) in [6, 6.07) is 4.80. The van der Waals surface area contributed by atoms with Crippen LogP contribution in [0.1, 0.15) is 31.2 Å². The highest BCUT2D eigenvalue weighted by Gasteiger charge is 2.19. The van der Waals surface area contributed by atoms with Crippen molar-refractivity contribution in [2.24, 2.45) is 0 Å². The summed E-state index contributed by atoms with van der Waals surface area (Å²) in [5.41, 5.74) is 0.549. The minimum atomic E-state index is -0.545. The average Bonchev–Trinajstić information content (AvgIpc) is 2.35. The number of rotatable bonds is 4. The summed E-state index contributed by atoms with van der Waals surface area (Å²) in [5.74, 6) is -0.262. The van der Waals surface area contributed by atoms with Gasteiger partial charge < -0.3 is 9.84 Å². The van der Waals surface area contributed by atoms with Gasteiger partial charge in [0.1, 0.15) is 5.82 Å². The molecule has 2 atom stereocenters. The molecule has 1 aromatic rings. The Bertz CT molecular complexity index is 391. The molecule has 0 aromatic heterocycles. The van der Waals surface area contributed by atoms with Crippen LogP contribution in [0.2, 0.25) is 0 Å². The van der Waals surface area contributed by atoms with Crippen molar-refractivity contribution in [1.29, 1.82) is 0 Å². The van der Waals surface area contributed by atoms with Gasteiger partial charge >= 0.3 is 0 Å². The zero-order chi connectivity index (χ0) is 13.0. The highest BCUT2D eigenvalue weighted by Crippen LogP contribution is 2.21. The van der Waals surface area contributed by atoms with Gasteiger partial charge in [-0.15, -0.1) is 0 Å². The molecule has 1 aromatic carbocycles. The normalized spacial score (nSPS) is 21.8. The number of aliphatic hydroxyl groups is 1. The molecule has 1 aliphatic heterocycles. The topological polar surface area (TPSA) is 29.5 Å². The Balaban J connectivity index is 1.89. The van der Waals surface area contributed by atoms with E-state index < -0.39 is 6.10 Å². The fourth-order valence-electron chi connectivity index (χ4n) is 2.33. The predicted molar refractivity (Wildman–Crippen MR) is 72.0 cm³/mol. The minimum absolute atomic E-state index is 0.129. The lowest BCUT2D eigenvalue weighted by Gasteiger charge is -2.24. The van der Waals surface area contributed by atoms with E-state index in [-0.39, 0.29) is 11.9 Å². The van der Waals surface area contributed by atoms with E-state index in [0.29, 0.717) is 18.4 Å². The van der Waals surface area contributed by atoms with Crippen LogP contribution in [0, 0.1) is 5.82 Å². The second-order valence-corrected chi connectivity index (χ2v) is 5.73. The van der Waals surface area contributed by atoms with Gasteiger partial charge in [0.2, 0.25) is 0 Å². The first-order chi connectivity index (χ1) is 8.65. The third-order valence-corrected chi connectivity index (χ3v) is 3.77. The van der Waals surface area contributed by atoms with E-state index in [1.54, 1.807) is 12.1 Å². The highest BCUT2D eigenvalue weighted by atomic mass is 79.9. The van der Waals surface area contributed by atoms with Crippen LogP contribution in [0.3, 0.4) is 0 Å². The van der Waals surface area contributed by atoms with Gasteiger partial charge in [-0.1, -0.05) is 15.9 Å². The van der Waals surface area contributed by atoms with Crippen molar-refractivity contribution in [3.8, 4) is 0 Å². The standard InChI is InChI=1S/C14H18BrFO2/c15-11-4-5-14(16)10(7-11)8-12(17)9-13-3-1-2-6-18-13/h4-5,7,12-13,17H,1-3,6,8-9H2. The molecule has 1 N–H and O–H groups in total. The lowest BCUT2D eigenvalue weighted by atomic mass is 9.99. The molecule has 4 heteroatoms. The molecular weight excluding hydrogens is 299 g/mol. The third-order valence-electron chi connectivity index (χ3n) is 3.27. The molecular formula is C14H18BrFO2. The number of benzene rings is 1. The largest absolute Gasteiger partial charge is 0.393 e. The Morgan fingerprint density at radius 1 is 1.44 bits per heavy atom. The molecule has 2 nitrogen and oxygen atoms in total. The first-order valence-electron chi connectivity index (χ1n) is 6.39. The van der Waals surface area contributed by atoms with Gasteiger partial charge in [-0.05, 0) is 49.4 Å². The van der Waals surface area contributed by atoms with E-state index in [1.807, 2.05) is 0 Å². The Kier molecular flexibility index (Phi) is 5.15. The summed E-state index contributed by atoms with van der Waals surface area (Å²) < 4.78 is 20.0. The Labute approximate surface area is 115 Å². The molecule has 2 rings (SSSR count). The molecule has 18 heavy (non-hydrogen) atoms. The summed E-state index contributed by atoms with van der Waals surface area (Å²) in [7, 11) is 0. The molecule has 0 aliphatic carbocycles. The zero-order valence-corrected chi connectivity index (χ0v) is 11.8. The van der Waals surface area contributed by atoms with E-state index in [2.05, 4.69) is 15.9 Å². The third kappa shape index (κ3) is 4.04. The molecule has 1 heterocycles. The van der Waals surface area contributed by atoms with Gasteiger partial charge in [0.25, 0.3) is 0 Å². The molecule has 1 aliphatic rings. The van der Waals surface area contributed by atoms with Crippen LogP contribution in [0.4, 0.5) is 4.39 Å². The van der Waals surface area contributed by atoms with Crippen LogP contribution in [0.15, 0.2) is 22.7 Å². The molecule has 0 saturated carbocycles. The van der Waals surface area contributed by atoms with E-state index >= 15 is 0 Å². The first kappa shape index (κ1) is 14.0. The molecule has 100 valence electrons. The quantitative estimate of drug-likeness (QED) is 0.922. The monoisotopic (exact) mass is 316 g/mol. The fraction of sp³-hybridized carbons (Fsp3) is 0.571. The van der Waals surface area contributed by atoms with Crippen molar-refractivity contribution in [3.63, 3.8) is 0 Å². The summed E-state index contributed by atoms with van der Waals surface area (Å²) in [5, 5.41) is 10.0. The average molecular weight is 317 g/mol. The molecule has 0 amide bonds. The van der Waals surface area contributed by atoms with Gasteiger partial charge in [-0.3, -0.25) is 0 Å². The van der Waals surface area contributed by atoms with Crippen LogP contribution in [-0.4, -0.2) is 23.9 Å². The highest BCUT2D eigenvalue weighted by molar-refractivity contribution is 9.10. The van der Waals surface area contributed by atoms with E-state index in [0.717, 1.165) is 30.3 Å². The molecule has 0 bridgehead atoms. The van der Waals surface area contributed by atoms with Gasteiger partial charge in [0.05, 0.1) is 12.2 Å².